The van der Waals surface area contributed by atoms with E-state index in [2.05, 4.69) is 22.5 Å². The van der Waals surface area contributed by atoms with Crippen LogP contribution in [0.15, 0.2) is 42.5 Å². The molecule has 0 saturated carbocycles. The number of nitrogens with one attached hydrogen (secondary N) is 2. The summed E-state index contributed by atoms with van der Waals surface area (Å²) in [7, 11) is 1.68. The van der Waals surface area contributed by atoms with Crippen LogP contribution >= 0.6 is 0 Å². The summed E-state index contributed by atoms with van der Waals surface area (Å²) >= 11 is 0. The molecule has 0 bridgehead atoms. The first-order valence-electron chi connectivity index (χ1n) is 6.79. The lowest BCUT2D eigenvalue weighted by Crippen LogP contribution is -2.11. The third-order valence-corrected chi connectivity index (χ3v) is 3.21. The molecule has 0 radical (unpaired) electrons. The van der Waals surface area contributed by atoms with E-state index < -0.39 is 4.92 Å². The fraction of sp³-hybridized carbons (Fsp3) is 0.267. The second-order valence-electron chi connectivity index (χ2n) is 4.62. The Kier molecular flexibility index (Phi) is 4.71. The van der Waals surface area contributed by atoms with Gasteiger partial charge in [0.05, 0.1) is 23.1 Å². The largest absolute Gasteiger partial charge is 0.373 e. The van der Waals surface area contributed by atoms with Crippen LogP contribution in [0.25, 0.3) is 0 Å². The average molecular weight is 286 g/mol. The maximum atomic E-state index is 11.0. The first kappa shape index (κ1) is 14.8. The van der Waals surface area contributed by atoms with E-state index in [9.17, 15) is 10.1 Å². The van der Waals surface area contributed by atoms with Crippen LogP contribution in [0.5, 0.6) is 0 Å². The van der Waals surface area contributed by atoms with E-state index >= 15 is 0 Å². The Bertz CT molecular complexity index is 616. The first-order chi connectivity index (χ1) is 10.1. The Balaban J connectivity index is 2.29. The van der Waals surface area contributed by atoms with Crippen molar-refractivity contribution in [2.75, 3.05) is 17.7 Å². The van der Waals surface area contributed by atoms with Crippen molar-refractivity contribution in [1.82, 2.24) is 4.98 Å². The van der Waals surface area contributed by atoms with Crippen LogP contribution in [0, 0.1) is 10.1 Å². The van der Waals surface area contributed by atoms with Gasteiger partial charge in [0.15, 0.2) is 0 Å². The van der Waals surface area contributed by atoms with E-state index in [1.807, 2.05) is 30.3 Å². The molecule has 1 aromatic carbocycles. The minimum atomic E-state index is -0.419. The molecule has 0 aliphatic carbocycles. The quantitative estimate of drug-likeness (QED) is 0.626. The van der Waals surface area contributed by atoms with Crippen molar-refractivity contribution >= 4 is 17.3 Å². The molecule has 2 aromatic rings. The Morgan fingerprint density at radius 2 is 1.90 bits per heavy atom. The Hall–Kier alpha value is -2.63. The van der Waals surface area contributed by atoms with Crippen molar-refractivity contribution in [2.45, 2.75) is 19.4 Å². The normalized spacial score (nSPS) is 11.7. The molecular weight excluding hydrogens is 268 g/mol. The number of aromatic nitrogens is 1. The summed E-state index contributed by atoms with van der Waals surface area (Å²) < 4.78 is 0. The molecule has 6 nitrogen and oxygen atoms in total. The number of benzene rings is 1. The molecule has 2 N–H and O–H groups in total. The van der Waals surface area contributed by atoms with Gasteiger partial charge in [-0.1, -0.05) is 37.3 Å². The van der Waals surface area contributed by atoms with Crippen LogP contribution < -0.4 is 10.6 Å². The highest BCUT2D eigenvalue weighted by atomic mass is 16.6. The molecule has 21 heavy (non-hydrogen) atoms. The van der Waals surface area contributed by atoms with Crippen molar-refractivity contribution in [2.24, 2.45) is 0 Å². The fourth-order valence-electron chi connectivity index (χ4n) is 2.11. The van der Waals surface area contributed by atoms with E-state index in [0.717, 1.165) is 12.0 Å². The predicted octanol–water partition coefficient (Wildman–Crippen LogP) is 3.59. The predicted molar refractivity (Wildman–Crippen MR) is 83.5 cm³/mol. The summed E-state index contributed by atoms with van der Waals surface area (Å²) in [5.41, 5.74) is 1.14. The Morgan fingerprint density at radius 3 is 2.48 bits per heavy atom. The summed E-state index contributed by atoms with van der Waals surface area (Å²) in [6.45, 7) is 2.06. The van der Waals surface area contributed by atoms with Gasteiger partial charge in [0.25, 0.3) is 5.69 Å². The van der Waals surface area contributed by atoms with Crippen molar-refractivity contribution in [3.05, 3.63) is 58.1 Å². The van der Waals surface area contributed by atoms with E-state index in [1.54, 1.807) is 7.05 Å². The van der Waals surface area contributed by atoms with Gasteiger partial charge in [0.1, 0.15) is 11.6 Å². The Labute approximate surface area is 123 Å². The summed E-state index contributed by atoms with van der Waals surface area (Å²) in [6.07, 6.45) is 0.850. The van der Waals surface area contributed by atoms with Crippen molar-refractivity contribution in [3.8, 4) is 0 Å². The number of hydrogen-bond donors (Lipinski definition) is 2. The van der Waals surface area contributed by atoms with Gasteiger partial charge < -0.3 is 10.6 Å². The minimum absolute atomic E-state index is 0.0137. The molecule has 0 saturated heterocycles. The molecule has 0 spiro atoms. The summed E-state index contributed by atoms with van der Waals surface area (Å²) in [4.78, 5) is 14.9. The number of nitro groups is 1. The minimum Gasteiger partial charge on any atom is -0.373 e. The van der Waals surface area contributed by atoms with Crippen LogP contribution in [-0.4, -0.2) is 17.0 Å². The fourth-order valence-corrected chi connectivity index (χ4v) is 2.11. The maximum absolute atomic E-state index is 11.0. The molecule has 1 heterocycles. The smallest absolute Gasteiger partial charge is 0.276 e. The number of hydrogen-bond acceptors (Lipinski definition) is 5. The maximum Gasteiger partial charge on any atom is 0.276 e. The van der Waals surface area contributed by atoms with Gasteiger partial charge in [-0.25, -0.2) is 4.98 Å². The molecule has 0 aliphatic rings. The Morgan fingerprint density at radius 1 is 1.24 bits per heavy atom. The summed E-state index contributed by atoms with van der Waals surface area (Å²) in [5.74, 6) is 0.957. The molecule has 1 aromatic heterocycles. The van der Waals surface area contributed by atoms with E-state index in [0.29, 0.717) is 11.6 Å². The number of nitrogens with zero attached hydrogens (tertiary/aromatic N) is 2. The SMILES string of the molecule is CCC(Nc1cc([N+](=O)[O-])cc(NC)n1)c1ccccc1. The molecule has 1 atom stereocenters. The number of rotatable bonds is 6. The molecule has 0 fully saturated rings. The van der Waals surface area contributed by atoms with E-state index in [4.69, 9.17) is 0 Å². The molecule has 0 amide bonds. The van der Waals surface area contributed by atoms with Gasteiger partial charge in [-0.3, -0.25) is 10.1 Å². The molecule has 1 unspecified atom stereocenters. The zero-order valence-corrected chi connectivity index (χ0v) is 12.0. The standard InChI is InChI=1S/C15H18N4O2/c1-3-13(11-7-5-4-6-8-11)17-15-10-12(19(20)21)9-14(16-2)18-15/h4-10,13H,3H2,1-2H3,(H2,16,17,18). The molecule has 0 aliphatic heterocycles. The molecule has 6 heteroatoms. The van der Waals surface area contributed by atoms with E-state index in [-0.39, 0.29) is 11.7 Å². The van der Waals surface area contributed by atoms with Gasteiger partial charge in [0, 0.05) is 7.05 Å². The first-order valence-corrected chi connectivity index (χ1v) is 6.79. The second-order valence-corrected chi connectivity index (χ2v) is 4.62. The molecular formula is C15H18N4O2. The topological polar surface area (TPSA) is 80.1 Å². The zero-order chi connectivity index (χ0) is 15.2. The van der Waals surface area contributed by atoms with Crippen LogP contribution in [0.3, 0.4) is 0 Å². The second kappa shape index (κ2) is 6.69. The highest BCUT2D eigenvalue weighted by Crippen LogP contribution is 2.25. The van der Waals surface area contributed by atoms with Crippen LogP contribution in [-0.2, 0) is 0 Å². The van der Waals surface area contributed by atoms with Crippen LogP contribution in [0.4, 0.5) is 17.3 Å². The molecule has 2 rings (SSSR count). The van der Waals surface area contributed by atoms with Gasteiger partial charge >= 0.3 is 0 Å². The highest BCUT2D eigenvalue weighted by molar-refractivity contribution is 5.55. The third kappa shape index (κ3) is 3.68. The zero-order valence-electron chi connectivity index (χ0n) is 12.0. The lowest BCUT2D eigenvalue weighted by atomic mass is 10.0. The lowest BCUT2D eigenvalue weighted by Gasteiger charge is -2.18. The van der Waals surface area contributed by atoms with Crippen LogP contribution in [0.2, 0.25) is 0 Å². The van der Waals surface area contributed by atoms with Crippen LogP contribution in [0.1, 0.15) is 24.9 Å². The van der Waals surface area contributed by atoms with Gasteiger partial charge in [-0.2, -0.15) is 0 Å². The van der Waals surface area contributed by atoms with Crippen molar-refractivity contribution in [1.29, 1.82) is 0 Å². The average Bonchev–Trinajstić information content (AvgIpc) is 2.53. The number of anilines is 2. The monoisotopic (exact) mass is 286 g/mol. The van der Waals surface area contributed by atoms with E-state index in [1.165, 1.54) is 12.1 Å². The molecule has 110 valence electrons. The lowest BCUT2D eigenvalue weighted by molar-refractivity contribution is -0.384. The van der Waals surface area contributed by atoms with Gasteiger partial charge in [0.2, 0.25) is 0 Å². The summed E-state index contributed by atoms with van der Waals surface area (Å²) in [5, 5.41) is 17.1. The summed E-state index contributed by atoms with van der Waals surface area (Å²) in [6, 6.07) is 12.9. The highest BCUT2D eigenvalue weighted by Gasteiger charge is 2.14. The third-order valence-electron chi connectivity index (χ3n) is 3.21. The van der Waals surface area contributed by atoms with Crippen molar-refractivity contribution < 1.29 is 4.92 Å². The number of pyridine rings is 1. The van der Waals surface area contributed by atoms with Gasteiger partial charge in [-0.15, -0.1) is 0 Å². The van der Waals surface area contributed by atoms with Gasteiger partial charge in [-0.05, 0) is 12.0 Å². The van der Waals surface area contributed by atoms with Crippen molar-refractivity contribution in [3.63, 3.8) is 0 Å².